The van der Waals surface area contributed by atoms with Crippen molar-refractivity contribution in [3.63, 3.8) is 0 Å². The van der Waals surface area contributed by atoms with Gasteiger partial charge in [0.1, 0.15) is 5.15 Å². The van der Waals surface area contributed by atoms with Crippen LogP contribution in [0.5, 0.6) is 0 Å². The highest BCUT2D eigenvalue weighted by atomic mass is 35.5. The van der Waals surface area contributed by atoms with E-state index in [0.717, 1.165) is 25.7 Å². The van der Waals surface area contributed by atoms with Gasteiger partial charge in [-0.3, -0.25) is 4.79 Å². The van der Waals surface area contributed by atoms with E-state index in [-0.39, 0.29) is 29.5 Å². The van der Waals surface area contributed by atoms with E-state index in [0.29, 0.717) is 22.8 Å². The van der Waals surface area contributed by atoms with Gasteiger partial charge in [0.05, 0.1) is 23.2 Å². The summed E-state index contributed by atoms with van der Waals surface area (Å²) in [5.74, 6) is 0.106. The minimum absolute atomic E-state index is 0.0686. The normalized spacial score (nSPS) is 24.0. The molecule has 1 N–H and O–H groups in total. The predicted octanol–water partition coefficient (Wildman–Crippen LogP) is 2.28. The Morgan fingerprint density at radius 2 is 2.04 bits per heavy atom. The highest BCUT2D eigenvalue weighted by Gasteiger charge is 2.31. The van der Waals surface area contributed by atoms with Gasteiger partial charge in [0.15, 0.2) is 9.84 Å². The van der Waals surface area contributed by atoms with Gasteiger partial charge in [0.25, 0.3) is 0 Å². The molecule has 1 saturated heterocycles. The lowest BCUT2D eigenvalue weighted by Crippen LogP contribution is -2.30. The molecular formula is C16H22ClN3O3S. The van der Waals surface area contributed by atoms with Crippen LogP contribution >= 0.6 is 11.6 Å². The van der Waals surface area contributed by atoms with Crippen LogP contribution in [0.3, 0.4) is 0 Å². The molecule has 2 aliphatic rings. The maximum Gasteiger partial charge on any atom is 0.244 e. The first-order valence-electron chi connectivity index (χ1n) is 8.29. The van der Waals surface area contributed by atoms with Gasteiger partial charge >= 0.3 is 0 Å². The Morgan fingerprint density at radius 3 is 2.67 bits per heavy atom. The first-order chi connectivity index (χ1) is 11.4. The average molecular weight is 372 g/mol. The van der Waals surface area contributed by atoms with E-state index in [1.165, 1.54) is 6.08 Å². The minimum Gasteiger partial charge on any atom is -0.350 e. The molecule has 1 aliphatic carbocycles. The van der Waals surface area contributed by atoms with Crippen LogP contribution in [-0.4, -0.2) is 41.7 Å². The molecule has 24 heavy (non-hydrogen) atoms. The van der Waals surface area contributed by atoms with E-state index in [1.807, 2.05) is 0 Å². The first-order valence-corrected chi connectivity index (χ1v) is 10.5. The maximum absolute atomic E-state index is 12.0. The molecule has 6 nitrogen and oxygen atoms in total. The number of aryl methyl sites for hydroxylation is 1. The summed E-state index contributed by atoms with van der Waals surface area (Å²) >= 11 is 6.38. The molecule has 1 aromatic rings. The molecule has 0 radical (unpaired) electrons. The Morgan fingerprint density at radius 1 is 1.33 bits per heavy atom. The zero-order chi connectivity index (χ0) is 17.3. The summed E-state index contributed by atoms with van der Waals surface area (Å²) in [5, 5.41) is 7.75. The summed E-state index contributed by atoms with van der Waals surface area (Å²) in [6.45, 7) is 1.81. The van der Waals surface area contributed by atoms with Crippen LogP contribution in [0.25, 0.3) is 6.08 Å². The Labute approximate surface area is 147 Å². The summed E-state index contributed by atoms with van der Waals surface area (Å²) in [5.41, 5.74) is 1.36. The van der Waals surface area contributed by atoms with Crippen LogP contribution in [0, 0.1) is 6.92 Å². The Balaban J connectivity index is 1.72. The molecular weight excluding hydrogens is 350 g/mol. The second-order valence-corrected chi connectivity index (χ2v) is 9.20. The summed E-state index contributed by atoms with van der Waals surface area (Å²) < 4.78 is 24.9. The largest absolute Gasteiger partial charge is 0.350 e. The highest BCUT2D eigenvalue weighted by Crippen LogP contribution is 2.30. The molecule has 1 atom stereocenters. The number of nitrogens with zero attached hydrogens (tertiary/aromatic N) is 2. The van der Waals surface area contributed by atoms with Gasteiger partial charge < -0.3 is 5.32 Å². The lowest BCUT2D eigenvalue weighted by atomic mass is 10.2. The number of hydrogen-bond donors (Lipinski definition) is 1. The molecule has 0 bridgehead atoms. The quantitative estimate of drug-likeness (QED) is 0.823. The summed E-state index contributed by atoms with van der Waals surface area (Å²) in [4.78, 5) is 12.0. The van der Waals surface area contributed by atoms with E-state index in [4.69, 9.17) is 11.6 Å². The highest BCUT2D eigenvalue weighted by molar-refractivity contribution is 7.91. The third kappa shape index (κ3) is 3.83. The minimum atomic E-state index is -3.00. The van der Waals surface area contributed by atoms with Gasteiger partial charge in [-0.2, -0.15) is 5.10 Å². The second-order valence-electron chi connectivity index (χ2n) is 6.61. The first kappa shape index (κ1) is 17.5. The number of carbonyl (C=O) groups is 1. The van der Waals surface area contributed by atoms with Gasteiger partial charge in [0.2, 0.25) is 5.91 Å². The monoisotopic (exact) mass is 371 g/mol. The molecule has 132 valence electrons. The van der Waals surface area contributed by atoms with Crippen LogP contribution < -0.4 is 5.32 Å². The number of amides is 1. The van der Waals surface area contributed by atoms with Crippen LogP contribution in [0.1, 0.15) is 49.4 Å². The van der Waals surface area contributed by atoms with Crippen molar-refractivity contribution in [1.82, 2.24) is 15.1 Å². The molecule has 3 rings (SSSR count). The molecule has 2 fully saturated rings. The molecule has 2 heterocycles. The Kier molecular flexibility index (Phi) is 5.01. The Bertz CT molecular complexity index is 764. The zero-order valence-corrected chi connectivity index (χ0v) is 15.2. The van der Waals surface area contributed by atoms with Crippen molar-refractivity contribution in [3.05, 3.63) is 22.5 Å². The number of aromatic nitrogens is 2. The van der Waals surface area contributed by atoms with Gasteiger partial charge in [-0.05, 0) is 32.3 Å². The van der Waals surface area contributed by atoms with Gasteiger partial charge in [-0.1, -0.05) is 24.4 Å². The van der Waals surface area contributed by atoms with E-state index in [1.54, 1.807) is 17.7 Å². The van der Waals surface area contributed by atoms with Crippen LogP contribution in [-0.2, 0) is 14.6 Å². The third-order valence-corrected chi connectivity index (χ3v) is 6.86. The fourth-order valence-electron chi connectivity index (χ4n) is 3.41. The van der Waals surface area contributed by atoms with Crippen LogP contribution in [0.15, 0.2) is 6.08 Å². The van der Waals surface area contributed by atoms with Crippen LogP contribution in [0.4, 0.5) is 0 Å². The summed E-state index contributed by atoms with van der Waals surface area (Å²) in [6.07, 6.45) is 8.06. The molecule has 1 saturated carbocycles. The van der Waals surface area contributed by atoms with E-state index < -0.39 is 9.84 Å². The van der Waals surface area contributed by atoms with Gasteiger partial charge in [-0.25, -0.2) is 13.1 Å². The number of carbonyl (C=O) groups excluding carboxylic acids is 1. The van der Waals surface area contributed by atoms with Crippen molar-refractivity contribution in [2.45, 2.75) is 51.1 Å². The van der Waals surface area contributed by atoms with Crippen molar-refractivity contribution in [2.24, 2.45) is 0 Å². The molecule has 0 aromatic carbocycles. The van der Waals surface area contributed by atoms with E-state index >= 15 is 0 Å². The SMILES string of the molecule is Cc1nn([C@H]2CCS(=O)(=O)C2)c(Cl)c1/C=C/C(=O)NC1CCCC1. The lowest BCUT2D eigenvalue weighted by Gasteiger charge is -2.10. The molecule has 1 aromatic heterocycles. The van der Waals surface area contributed by atoms with Crippen molar-refractivity contribution >= 4 is 33.4 Å². The fourth-order valence-corrected chi connectivity index (χ4v) is 5.48. The van der Waals surface area contributed by atoms with Gasteiger partial charge in [0, 0.05) is 17.7 Å². The number of nitrogens with one attached hydrogen (secondary N) is 1. The maximum atomic E-state index is 12.0. The van der Waals surface area contributed by atoms with Crippen molar-refractivity contribution in [1.29, 1.82) is 0 Å². The molecule has 1 aliphatic heterocycles. The molecule has 8 heteroatoms. The van der Waals surface area contributed by atoms with E-state index in [9.17, 15) is 13.2 Å². The summed E-state index contributed by atoms with van der Waals surface area (Å²) in [6, 6.07) is 0.0424. The topological polar surface area (TPSA) is 81.1 Å². The Hall–Kier alpha value is -1.34. The number of sulfone groups is 1. The van der Waals surface area contributed by atoms with Crippen molar-refractivity contribution < 1.29 is 13.2 Å². The van der Waals surface area contributed by atoms with Crippen LogP contribution in [0.2, 0.25) is 5.15 Å². The molecule has 1 amide bonds. The number of halogens is 1. The number of rotatable bonds is 4. The second kappa shape index (κ2) is 6.88. The fraction of sp³-hybridized carbons (Fsp3) is 0.625. The zero-order valence-electron chi connectivity index (χ0n) is 13.7. The standard InChI is InChI=1S/C16H22ClN3O3S/c1-11-14(6-7-15(21)18-12-4-2-3-5-12)16(17)20(19-11)13-8-9-24(22,23)10-13/h6-7,12-13H,2-5,8-10H2,1H3,(H,18,21)/b7-6+/t13-/m0/s1. The third-order valence-electron chi connectivity index (χ3n) is 4.73. The lowest BCUT2D eigenvalue weighted by molar-refractivity contribution is -0.117. The van der Waals surface area contributed by atoms with Gasteiger partial charge in [-0.15, -0.1) is 0 Å². The predicted molar refractivity (Wildman–Crippen MR) is 93.7 cm³/mol. The smallest absolute Gasteiger partial charge is 0.244 e. The average Bonchev–Trinajstić information content (AvgIpc) is 3.19. The van der Waals surface area contributed by atoms with Crippen molar-refractivity contribution in [3.8, 4) is 0 Å². The van der Waals surface area contributed by atoms with E-state index in [2.05, 4.69) is 10.4 Å². The summed E-state index contributed by atoms with van der Waals surface area (Å²) in [7, 11) is -3.00. The van der Waals surface area contributed by atoms with Crippen molar-refractivity contribution in [2.75, 3.05) is 11.5 Å². The number of hydrogen-bond acceptors (Lipinski definition) is 4. The molecule has 0 unspecified atom stereocenters. The molecule has 0 spiro atoms.